The number of anilines is 2. The first-order valence-electron chi connectivity index (χ1n) is 8.56. The maximum absolute atomic E-state index is 6.21. The lowest BCUT2D eigenvalue weighted by Crippen LogP contribution is -2.19. The summed E-state index contributed by atoms with van der Waals surface area (Å²) in [5.41, 5.74) is 4.54. The van der Waals surface area contributed by atoms with Gasteiger partial charge in [-0.2, -0.15) is 0 Å². The highest BCUT2D eigenvalue weighted by Gasteiger charge is 2.14. The molecule has 0 aliphatic carbocycles. The van der Waals surface area contributed by atoms with Crippen LogP contribution in [-0.4, -0.2) is 32.9 Å². The average Bonchev–Trinajstić information content (AvgIpc) is 3.12. The van der Waals surface area contributed by atoms with E-state index in [9.17, 15) is 0 Å². The summed E-state index contributed by atoms with van der Waals surface area (Å²) in [7, 11) is 0. The highest BCUT2D eigenvalue weighted by Crippen LogP contribution is 2.27. The van der Waals surface area contributed by atoms with E-state index in [0.717, 1.165) is 52.6 Å². The molecule has 0 saturated carbocycles. The van der Waals surface area contributed by atoms with E-state index in [-0.39, 0.29) is 0 Å². The highest BCUT2D eigenvalue weighted by molar-refractivity contribution is 6.31. The molecule has 2 aromatic heterocycles. The smallest absolute Gasteiger partial charge is 0.158 e. The Kier molecular flexibility index (Phi) is 4.51. The second-order valence-electron chi connectivity index (χ2n) is 6.41. The Morgan fingerprint density at radius 1 is 1.16 bits per heavy atom. The molecule has 0 amide bonds. The standard InChI is InChI=1S/C19H20ClN5/c1-13-15(20)5-4-6-16(13)24-19-18-17(7-8-21-19)23-14(11-22-18)12-25-9-2-3-10-25/h4-8,11H,2-3,9-10,12H2,1H3,(H,21,24). The van der Waals surface area contributed by atoms with Gasteiger partial charge in [0.25, 0.3) is 0 Å². The van der Waals surface area contributed by atoms with Gasteiger partial charge in [0.05, 0.1) is 17.4 Å². The van der Waals surface area contributed by atoms with E-state index in [1.165, 1.54) is 12.8 Å². The van der Waals surface area contributed by atoms with Gasteiger partial charge in [-0.3, -0.25) is 4.90 Å². The van der Waals surface area contributed by atoms with Gasteiger partial charge in [0.2, 0.25) is 0 Å². The molecule has 128 valence electrons. The van der Waals surface area contributed by atoms with E-state index in [2.05, 4.69) is 20.2 Å². The third kappa shape index (κ3) is 3.43. The van der Waals surface area contributed by atoms with Crippen LogP contribution >= 0.6 is 11.6 Å². The van der Waals surface area contributed by atoms with Crippen molar-refractivity contribution in [2.24, 2.45) is 0 Å². The van der Waals surface area contributed by atoms with Gasteiger partial charge in [-0.25, -0.2) is 15.0 Å². The van der Waals surface area contributed by atoms with Gasteiger partial charge in [0.15, 0.2) is 5.82 Å². The maximum Gasteiger partial charge on any atom is 0.158 e. The second-order valence-corrected chi connectivity index (χ2v) is 6.82. The Labute approximate surface area is 152 Å². The summed E-state index contributed by atoms with van der Waals surface area (Å²) in [4.78, 5) is 16.3. The molecule has 0 atom stereocenters. The zero-order chi connectivity index (χ0) is 17.2. The fraction of sp³-hybridized carbons (Fsp3) is 0.316. The number of fused-ring (bicyclic) bond motifs is 1. The average molecular weight is 354 g/mol. The molecule has 1 N–H and O–H groups in total. The molecule has 0 radical (unpaired) electrons. The number of aromatic nitrogens is 3. The normalized spacial score (nSPS) is 15.0. The summed E-state index contributed by atoms with van der Waals surface area (Å²) < 4.78 is 0. The van der Waals surface area contributed by atoms with Crippen LogP contribution in [0.2, 0.25) is 5.02 Å². The minimum atomic E-state index is 0.697. The van der Waals surface area contributed by atoms with E-state index in [1.807, 2.05) is 37.4 Å². The monoisotopic (exact) mass is 353 g/mol. The first-order valence-corrected chi connectivity index (χ1v) is 8.93. The lowest BCUT2D eigenvalue weighted by atomic mass is 10.2. The Hall–Kier alpha value is -2.24. The Morgan fingerprint density at radius 2 is 2.00 bits per heavy atom. The van der Waals surface area contributed by atoms with Gasteiger partial charge in [-0.05, 0) is 56.6 Å². The van der Waals surface area contributed by atoms with Crippen LogP contribution in [0.25, 0.3) is 11.0 Å². The molecule has 3 heterocycles. The largest absolute Gasteiger partial charge is 0.338 e. The Morgan fingerprint density at radius 3 is 2.84 bits per heavy atom. The number of rotatable bonds is 4. The zero-order valence-electron chi connectivity index (χ0n) is 14.2. The van der Waals surface area contributed by atoms with Crippen LogP contribution < -0.4 is 5.32 Å². The molecule has 25 heavy (non-hydrogen) atoms. The van der Waals surface area contributed by atoms with Crippen molar-refractivity contribution < 1.29 is 0 Å². The van der Waals surface area contributed by atoms with Gasteiger partial charge >= 0.3 is 0 Å². The fourth-order valence-electron chi connectivity index (χ4n) is 3.19. The number of hydrogen-bond acceptors (Lipinski definition) is 5. The van der Waals surface area contributed by atoms with Gasteiger partial charge in [0, 0.05) is 23.5 Å². The van der Waals surface area contributed by atoms with Crippen LogP contribution in [0.5, 0.6) is 0 Å². The number of halogens is 1. The van der Waals surface area contributed by atoms with Crippen LogP contribution in [0.3, 0.4) is 0 Å². The first-order chi connectivity index (χ1) is 12.2. The predicted molar refractivity (Wildman–Crippen MR) is 101 cm³/mol. The quantitative estimate of drug-likeness (QED) is 0.756. The molecule has 0 spiro atoms. The molecular weight excluding hydrogens is 334 g/mol. The fourth-order valence-corrected chi connectivity index (χ4v) is 3.37. The van der Waals surface area contributed by atoms with Gasteiger partial charge < -0.3 is 5.32 Å². The summed E-state index contributed by atoms with van der Waals surface area (Å²) in [6.45, 7) is 5.14. The van der Waals surface area contributed by atoms with Crippen molar-refractivity contribution >= 4 is 34.1 Å². The predicted octanol–water partition coefficient (Wildman–Crippen LogP) is 4.33. The number of hydrogen-bond donors (Lipinski definition) is 1. The van der Waals surface area contributed by atoms with Crippen LogP contribution in [0.4, 0.5) is 11.5 Å². The van der Waals surface area contributed by atoms with Gasteiger partial charge in [0.1, 0.15) is 5.52 Å². The Bertz CT molecular complexity index is 905. The van der Waals surface area contributed by atoms with Crippen molar-refractivity contribution in [1.29, 1.82) is 0 Å². The van der Waals surface area contributed by atoms with Gasteiger partial charge in [-0.15, -0.1) is 0 Å². The van der Waals surface area contributed by atoms with Crippen molar-refractivity contribution in [1.82, 2.24) is 19.9 Å². The van der Waals surface area contributed by atoms with E-state index in [4.69, 9.17) is 16.6 Å². The minimum Gasteiger partial charge on any atom is -0.338 e. The summed E-state index contributed by atoms with van der Waals surface area (Å²) >= 11 is 6.21. The van der Waals surface area contributed by atoms with E-state index < -0.39 is 0 Å². The lowest BCUT2D eigenvalue weighted by Gasteiger charge is -2.14. The van der Waals surface area contributed by atoms with Crippen molar-refractivity contribution in [3.63, 3.8) is 0 Å². The molecule has 0 bridgehead atoms. The third-order valence-electron chi connectivity index (χ3n) is 4.61. The van der Waals surface area contributed by atoms with Crippen molar-refractivity contribution in [3.05, 3.63) is 52.9 Å². The summed E-state index contributed by atoms with van der Waals surface area (Å²) in [6, 6.07) is 7.69. The summed E-state index contributed by atoms with van der Waals surface area (Å²) in [6.07, 6.45) is 6.17. The number of likely N-dealkylation sites (tertiary alicyclic amines) is 1. The first kappa shape index (κ1) is 16.2. The van der Waals surface area contributed by atoms with Crippen molar-refractivity contribution in [2.45, 2.75) is 26.3 Å². The van der Waals surface area contributed by atoms with E-state index >= 15 is 0 Å². The van der Waals surface area contributed by atoms with Crippen LogP contribution in [0, 0.1) is 6.92 Å². The highest BCUT2D eigenvalue weighted by atomic mass is 35.5. The summed E-state index contributed by atoms with van der Waals surface area (Å²) in [5, 5.41) is 4.07. The minimum absolute atomic E-state index is 0.697. The SMILES string of the molecule is Cc1c(Cl)cccc1Nc1nccc2nc(CN3CCCC3)cnc12. The van der Waals surface area contributed by atoms with E-state index in [0.29, 0.717) is 5.82 Å². The van der Waals surface area contributed by atoms with E-state index in [1.54, 1.807) is 6.20 Å². The van der Waals surface area contributed by atoms with Gasteiger partial charge in [-0.1, -0.05) is 17.7 Å². The number of pyridine rings is 1. The van der Waals surface area contributed by atoms with Crippen LogP contribution in [0.1, 0.15) is 24.1 Å². The molecule has 1 aliphatic heterocycles. The molecule has 6 heteroatoms. The third-order valence-corrected chi connectivity index (χ3v) is 5.02. The molecule has 1 aromatic carbocycles. The maximum atomic E-state index is 6.21. The Balaban J connectivity index is 1.64. The summed E-state index contributed by atoms with van der Waals surface area (Å²) in [5.74, 6) is 0.697. The van der Waals surface area contributed by atoms with Crippen molar-refractivity contribution in [3.8, 4) is 0 Å². The molecule has 5 nitrogen and oxygen atoms in total. The molecule has 1 fully saturated rings. The number of nitrogens with one attached hydrogen (secondary N) is 1. The molecular formula is C19H20ClN5. The number of nitrogens with zero attached hydrogens (tertiary/aromatic N) is 4. The van der Waals surface area contributed by atoms with Crippen molar-refractivity contribution in [2.75, 3.05) is 18.4 Å². The second kappa shape index (κ2) is 6.94. The van der Waals surface area contributed by atoms with Crippen LogP contribution in [0.15, 0.2) is 36.7 Å². The molecule has 1 aliphatic rings. The number of benzene rings is 1. The lowest BCUT2D eigenvalue weighted by molar-refractivity contribution is 0.327. The topological polar surface area (TPSA) is 53.9 Å². The molecule has 0 unspecified atom stereocenters. The molecule has 1 saturated heterocycles. The molecule has 3 aromatic rings. The van der Waals surface area contributed by atoms with Crippen LogP contribution in [-0.2, 0) is 6.54 Å². The zero-order valence-corrected chi connectivity index (χ0v) is 14.9. The molecule has 4 rings (SSSR count).